The minimum Gasteiger partial charge on any atom is -0.399 e. The van der Waals surface area contributed by atoms with Gasteiger partial charge in [-0.2, -0.15) is 0 Å². The van der Waals surface area contributed by atoms with Gasteiger partial charge in [0, 0.05) is 24.7 Å². The molecule has 7 nitrogen and oxygen atoms in total. The molecule has 0 radical (unpaired) electrons. The largest absolute Gasteiger partial charge is 0.399 e. The van der Waals surface area contributed by atoms with E-state index < -0.39 is 0 Å². The van der Waals surface area contributed by atoms with Crippen LogP contribution in [0, 0.1) is 11.8 Å². The zero-order valence-corrected chi connectivity index (χ0v) is 17.4. The number of aromatic amines is 1. The van der Waals surface area contributed by atoms with Gasteiger partial charge in [0.2, 0.25) is 0 Å². The van der Waals surface area contributed by atoms with Crippen LogP contribution in [0.15, 0.2) is 33.9 Å². The minimum absolute atomic E-state index is 0.248. The Bertz CT molecular complexity index is 1190. The van der Waals surface area contributed by atoms with Crippen LogP contribution in [0.1, 0.15) is 56.3 Å². The third-order valence-electron chi connectivity index (χ3n) is 7.02. The number of hydrogen-bond donors (Lipinski definition) is 2. The van der Waals surface area contributed by atoms with Crippen molar-refractivity contribution in [3.63, 3.8) is 0 Å². The van der Waals surface area contributed by atoms with Crippen molar-refractivity contribution >= 4 is 16.9 Å². The topological polar surface area (TPSA) is 98.7 Å². The number of fused-ring (bicyclic) bond motifs is 3. The Morgan fingerprint density at radius 2 is 1.90 bits per heavy atom. The number of nitrogens with one attached hydrogen (secondary N) is 1. The molecule has 0 saturated heterocycles. The number of aryl methyl sites for hydroxylation is 2. The molecule has 0 amide bonds. The number of nitrogen functional groups attached to an aromatic ring is 1. The zero-order valence-electron chi connectivity index (χ0n) is 17.4. The molecule has 2 aromatic heterocycles. The fourth-order valence-corrected chi connectivity index (χ4v) is 5.49. The quantitative estimate of drug-likeness (QED) is 0.614. The Hall–Kier alpha value is -2.83. The molecule has 7 heteroatoms. The summed E-state index contributed by atoms with van der Waals surface area (Å²) in [7, 11) is 0. The lowest BCUT2D eigenvalue weighted by molar-refractivity contribution is 0.408. The molecule has 3 N–H and O–H groups in total. The fraction of sp³-hybridized carbons (Fsp3) is 0.522. The maximum absolute atomic E-state index is 13.2. The molecule has 3 aromatic rings. The van der Waals surface area contributed by atoms with Crippen LogP contribution in [0.25, 0.3) is 11.2 Å². The average Bonchev–Trinajstić information content (AvgIpc) is 3.48. The first-order valence-electron chi connectivity index (χ1n) is 11.1. The summed E-state index contributed by atoms with van der Waals surface area (Å²) in [5.74, 6) is 2.72. The number of imidazole rings is 1. The maximum Gasteiger partial charge on any atom is 0.332 e. The highest BCUT2D eigenvalue weighted by atomic mass is 16.2. The van der Waals surface area contributed by atoms with Crippen molar-refractivity contribution in [2.75, 3.05) is 5.73 Å². The van der Waals surface area contributed by atoms with E-state index in [9.17, 15) is 9.59 Å². The van der Waals surface area contributed by atoms with Crippen LogP contribution >= 0.6 is 0 Å². The maximum atomic E-state index is 13.2. The van der Waals surface area contributed by atoms with E-state index in [0.717, 1.165) is 35.8 Å². The van der Waals surface area contributed by atoms with Crippen molar-refractivity contribution in [1.29, 1.82) is 0 Å². The van der Waals surface area contributed by atoms with E-state index in [-0.39, 0.29) is 11.2 Å². The molecule has 1 unspecified atom stereocenters. The highest BCUT2D eigenvalue weighted by Crippen LogP contribution is 2.52. The molecular weight excluding hydrogens is 378 g/mol. The number of nitrogens with zero attached hydrogens (tertiary/aromatic N) is 3. The lowest BCUT2D eigenvalue weighted by Gasteiger charge is -2.18. The SMILES string of the molecule is CCCn1c(=O)c2[nH]c([C@@H]3CC4CC[C@@H]3C4)nc2n(CCc2ccc(N)cc2)c1=O. The summed E-state index contributed by atoms with van der Waals surface area (Å²) in [5.41, 5.74) is 8.06. The number of nitrogens with two attached hydrogens (primary N) is 1. The third-order valence-corrected chi connectivity index (χ3v) is 7.02. The molecule has 158 valence electrons. The third kappa shape index (κ3) is 3.16. The summed E-state index contributed by atoms with van der Waals surface area (Å²) >= 11 is 0. The first-order chi connectivity index (χ1) is 14.5. The van der Waals surface area contributed by atoms with Crippen LogP contribution in [0.2, 0.25) is 0 Å². The van der Waals surface area contributed by atoms with Crippen molar-refractivity contribution < 1.29 is 0 Å². The lowest BCUT2D eigenvalue weighted by Crippen LogP contribution is -2.40. The van der Waals surface area contributed by atoms with Crippen LogP contribution < -0.4 is 17.0 Å². The number of benzene rings is 1. The van der Waals surface area contributed by atoms with Gasteiger partial charge in [-0.3, -0.25) is 13.9 Å². The Morgan fingerprint density at radius 3 is 2.57 bits per heavy atom. The van der Waals surface area contributed by atoms with Gasteiger partial charge in [0.15, 0.2) is 5.65 Å². The minimum atomic E-state index is -0.268. The average molecular weight is 408 g/mol. The molecule has 0 spiro atoms. The monoisotopic (exact) mass is 407 g/mol. The van der Waals surface area contributed by atoms with E-state index in [1.165, 1.54) is 23.8 Å². The Kier molecular flexibility index (Phi) is 4.76. The smallest absolute Gasteiger partial charge is 0.332 e. The molecule has 2 fully saturated rings. The second kappa shape index (κ2) is 7.45. The number of aromatic nitrogens is 4. The van der Waals surface area contributed by atoms with Gasteiger partial charge in [0.25, 0.3) is 5.56 Å². The Labute approximate surface area is 174 Å². The van der Waals surface area contributed by atoms with Crippen molar-refractivity contribution in [2.24, 2.45) is 11.8 Å². The lowest BCUT2D eigenvalue weighted by atomic mass is 9.88. The Balaban J connectivity index is 1.57. The summed E-state index contributed by atoms with van der Waals surface area (Å²) in [4.78, 5) is 34.4. The van der Waals surface area contributed by atoms with Gasteiger partial charge in [-0.15, -0.1) is 0 Å². The van der Waals surface area contributed by atoms with E-state index >= 15 is 0 Å². The van der Waals surface area contributed by atoms with Gasteiger partial charge in [0.1, 0.15) is 11.3 Å². The van der Waals surface area contributed by atoms with Crippen LogP contribution in [0.3, 0.4) is 0 Å². The normalized spacial score (nSPS) is 22.9. The highest BCUT2D eigenvalue weighted by molar-refractivity contribution is 5.70. The number of anilines is 1. The molecule has 30 heavy (non-hydrogen) atoms. The molecular formula is C23H29N5O2. The van der Waals surface area contributed by atoms with Crippen molar-refractivity contribution in [3.05, 3.63) is 56.5 Å². The first-order valence-corrected chi connectivity index (χ1v) is 11.1. The summed E-state index contributed by atoms with van der Waals surface area (Å²) < 4.78 is 3.03. The molecule has 3 atom stereocenters. The zero-order chi connectivity index (χ0) is 20.8. The molecule has 2 saturated carbocycles. The van der Waals surface area contributed by atoms with Gasteiger partial charge in [-0.25, -0.2) is 9.78 Å². The molecule has 2 aliphatic carbocycles. The van der Waals surface area contributed by atoms with Crippen LogP contribution in [0.4, 0.5) is 5.69 Å². The van der Waals surface area contributed by atoms with E-state index in [0.29, 0.717) is 42.5 Å². The van der Waals surface area contributed by atoms with Crippen molar-refractivity contribution in [3.8, 4) is 0 Å². The predicted octanol–water partition coefficient (Wildman–Crippen LogP) is 3.02. The summed E-state index contributed by atoms with van der Waals surface area (Å²) in [6.07, 6.45) is 6.38. The van der Waals surface area contributed by atoms with E-state index in [4.69, 9.17) is 10.7 Å². The fourth-order valence-electron chi connectivity index (χ4n) is 5.49. The van der Waals surface area contributed by atoms with Gasteiger partial charge in [-0.05, 0) is 61.6 Å². The highest BCUT2D eigenvalue weighted by Gasteiger charge is 2.41. The summed E-state index contributed by atoms with van der Waals surface area (Å²) in [6, 6.07) is 7.69. The standard InChI is InChI=1S/C23H29N5O2/c1-2-10-28-22(29)19-21(26-20(25-19)18-13-15-3-6-16(18)12-15)27(23(28)30)11-9-14-4-7-17(24)8-5-14/h4-5,7-8,15-16,18H,2-3,6,9-13,24H2,1H3,(H,25,26)/t15?,16-,18-/m1/s1. The van der Waals surface area contributed by atoms with Gasteiger partial charge in [-0.1, -0.05) is 25.5 Å². The predicted molar refractivity (Wildman–Crippen MR) is 118 cm³/mol. The Morgan fingerprint density at radius 1 is 1.10 bits per heavy atom. The van der Waals surface area contributed by atoms with Crippen molar-refractivity contribution in [1.82, 2.24) is 19.1 Å². The summed E-state index contributed by atoms with van der Waals surface area (Å²) in [5, 5.41) is 0. The molecule has 2 heterocycles. The van der Waals surface area contributed by atoms with Crippen LogP contribution in [-0.4, -0.2) is 19.1 Å². The van der Waals surface area contributed by atoms with Crippen LogP contribution in [-0.2, 0) is 19.5 Å². The van der Waals surface area contributed by atoms with Crippen molar-refractivity contribution in [2.45, 2.75) is 64.5 Å². The second-order valence-electron chi connectivity index (χ2n) is 8.98. The molecule has 2 aliphatic rings. The molecule has 5 rings (SSSR count). The molecule has 2 bridgehead atoms. The van der Waals surface area contributed by atoms with Crippen LogP contribution in [0.5, 0.6) is 0 Å². The van der Waals surface area contributed by atoms with Gasteiger partial charge in [0.05, 0.1) is 0 Å². The number of rotatable bonds is 6. The molecule has 1 aromatic carbocycles. The van der Waals surface area contributed by atoms with Gasteiger partial charge < -0.3 is 10.7 Å². The first kappa shape index (κ1) is 19.2. The van der Waals surface area contributed by atoms with E-state index in [1.54, 1.807) is 4.57 Å². The number of hydrogen-bond acceptors (Lipinski definition) is 4. The van der Waals surface area contributed by atoms with Gasteiger partial charge >= 0.3 is 5.69 Å². The molecule has 0 aliphatic heterocycles. The van der Waals surface area contributed by atoms with E-state index in [2.05, 4.69) is 4.98 Å². The second-order valence-corrected chi connectivity index (χ2v) is 8.98. The van der Waals surface area contributed by atoms with E-state index in [1.807, 2.05) is 31.2 Å². The number of H-pyrrole nitrogens is 1. The summed E-state index contributed by atoms with van der Waals surface area (Å²) in [6.45, 7) is 2.87.